The maximum Gasteiger partial charge on any atom is 0.242 e. The van der Waals surface area contributed by atoms with E-state index >= 15 is 0 Å². The van der Waals surface area contributed by atoms with Crippen LogP contribution in [-0.2, 0) is 20.0 Å². The summed E-state index contributed by atoms with van der Waals surface area (Å²) in [4.78, 5) is 6.93. The number of hydrogen-bond donors (Lipinski definition) is 5. The Hall–Kier alpha value is -2.82. The number of aliphatic imine (C=N–C) groups is 1. The van der Waals surface area contributed by atoms with Gasteiger partial charge in [-0.05, 0) is 23.8 Å². The maximum absolute atomic E-state index is 13.2. The van der Waals surface area contributed by atoms with Crippen molar-refractivity contribution in [3.63, 3.8) is 0 Å². The van der Waals surface area contributed by atoms with Crippen molar-refractivity contribution in [1.82, 2.24) is 15.0 Å². The lowest BCUT2D eigenvalue weighted by Gasteiger charge is -2.20. The van der Waals surface area contributed by atoms with Gasteiger partial charge in [0.25, 0.3) is 0 Å². The molecule has 1 aromatic heterocycles. The number of anilines is 1. The summed E-state index contributed by atoms with van der Waals surface area (Å²) in [6.07, 6.45) is 1.42. The molecule has 2 aromatic rings. The summed E-state index contributed by atoms with van der Waals surface area (Å²) >= 11 is 0. The molecule has 2 aliphatic rings. The Morgan fingerprint density at radius 2 is 1.88 bits per heavy atom. The fraction of sp³-hybridized carbons (Fsp3) is 0.294. The monoisotopic (exact) mass is 479 g/mol. The van der Waals surface area contributed by atoms with Gasteiger partial charge in [-0.15, -0.1) is 5.11 Å². The summed E-state index contributed by atoms with van der Waals surface area (Å²) in [7, 11) is -8.90. The predicted molar refractivity (Wildman–Crippen MR) is 117 cm³/mol. The van der Waals surface area contributed by atoms with Crippen LogP contribution in [0.25, 0.3) is 11.1 Å². The van der Waals surface area contributed by atoms with Crippen molar-refractivity contribution in [3.05, 3.63) is 36.0 Å². The van der Waals surface area contributed by atoms with Crippen LogP contribution >= 0.6 is 0 Å². The van der Waals surface area contributed by atoms with Gasteiger partial charge in [-0.2, -0.15) is 5.11 Å². The highest BCUT2D eigenvalue weighted by Gasteiger charge is 2.35. The van der Waals surface area contributed by atoms with Crippen LogP contribution in [-0.4, -0.2) is 59.5 Å². The maximum atomic E-state index is 13.2. The van der Waals surface area contributed by atoms with Gasteiger partial charge in [0.1, 0.15) is 15.6 Å². The molecule has 0 aliphatic carbocycles. The van der Waals surface area contributed by atoms with Crippen LogP contribution in [0.15, 0.2) is 55.5 Å². The molecule has 0 radical (unpaired) electrons. The lowest BCUT2D eigenvalue weighted by molar-refractivity contribution is 0.536. The van der Waals surface area contributed by atoms with Gasteiger partial charge in [-0.1, -0.05) is 6.07 Å². The minimum atomic E-state index is -4.56. The summed E-state index contributed by atoms with van der Waals surface area (Å²) in [6.45, 7) is 0.686. The summed E-state index contributed by atoms with van der Waals surface area (Å²) < 4.78 is 54.3. The van der Waals surface area contributed by atoms with Crippen molar-refractivity contribution >= 4 is 31.7 Å². The van der Waals surface area contributed by atoms with Gasteiger partial charge in [0.2, 0.25) is 20.0 Å². The Balaban J connectivity index is 1.97. The number of nitrogens with zero attached hydrogens (tertiary/aromatic N) is 4. The van der Waals surface area contributed by atoms with Crippen LogP contribution in [0.2, 0.25) is 0 Å². The molecule has 1 aromatic carbocycles. The molecule has 15 heteroatoms. The van der Waals surface area contributed by atoms with E-state index in [2.05, 4.69) is 30.2 Å². The Morgan fingerprint density at radius 3 is 2.44 bits per heavy atom. The van der Waals surface area contributed by atoms with E-state index in [0.717, 1.165) is 6.07 Å². The molecule has 0 unspecified atom stereocenters. The fourth-order valence-electron chi connectivity index (χ4n) is 3.53. The third kappa shape index (κ3) is 4.25. The number of primary sulfonamides is 1. The number of azo groups is 1. The van der Waals surface area contributed by atoms with E-state index < -0.39 is 41.9 Å². The zero-order chi connectivity index (χ0) is 23.1. The van der Waals surface area contributed by atoms with Crippen molar-refractivity contribution in [1.29, 1.82) is 0 Å². The van der Waals surface area contributed by atoms with E-state index in [1.54, 1.807) is 6.07 Å². The number of rotatable bonds is 6. The molecule has 170 valence electrons. The molecule has 0 amide bonds. The number of nitrogens with two attached hydrogens (primary N) is 3. The first-order chi connectivity index (χ1) is 15.1. The van der Waals surface area contributed by atoms with E-state index in [9.17, 15) is 16.8 Å². The Kier molecular flexibility index (Phi) is 5.78. The number of hydrogen-bond acceptors (Lipinski definition) is 11. The normalized spacial score (nSPS) is 21.1. The zero-order valence-corrected chi connectivity index (χ0v) is 18.3. The standard InChI is InChI=1S/C17H21N9O4S2/c18-11-6-21-7-12(11)26-32(29,30)13-3-2-10(9-1-4-14(19)22-5-9)15(16(13)31(20,27)28)17-23-8-24-25-17/h1-5,11-12,21,26H,6-8,18H2,(H2,19,22)(H2,20,27,28)/t11-,12+/m0/s1. The topological polar surface area (TPSA) is 220 Å². The second kappa shape index (κ2) is 8.27. The van der Waals surface area contributed by atoms with Gasteiger partial charge in [0.05, 0.1) is 11.6 Å². The number of pyridine rings is 1. The molecule has 0 saturated carbocycles. The van der Waals surface area contributed by atoms with E-state index in [4.69, 9.17) is 16.6 Å². The molecular weight excluding hydrogens is 458 g/mol. The highest BCUT2D eigenvalue weighted by Crippen LogP contribution is 2.35. The second-order valence-corrected chi connectivity index (χ2v) is 10.4. The third-order valence-corrected chi connectivity index (χ3v) is 7.69. The molecule has 4 rings (SSSR count). The number of nitrogen functional groups attached to an aromatic ring is 1. The van der Waals surface area contributed by atoms with Crippen LogP contribution in [0, 0.1) is 0 Å². The van der Waals surface area contributed by atoms with Gasteiger partial charge >= 0.3 is 0 Å². The molecule has 2 atom stereocenters. The van der Waals surface area contributed by atoms with Crippen LogP contribution in [0.1, 0.15) is 5.56 Å². The molecular formula is C17H21N9O4S2. The van der Waals surface area contributed by atoms with Gasteiger partial charge in [0.15, 0.2) is 12.5 Å². The van der Waals surface area contributed by atoms with Crippen LogP contribution in [0.4, 0.5) is 5.82 Å². The predicted octanol–water partition coefficient (Wildman–Crippen LogP) is -1.27. The lowest BCUT2D eigenvalue weighted by Crippen LogP contribution is -2.47. The lowest BCUT2D eigenvalue weighted by atomic mass is 10.00. The molecule has 8 N–H and O–H groups in total. The number of nitrogens with one attached hydrogen (secondary N) is 2. The zero-order valence-electron chi connectivity index (χ0n) is 16.6. The van der Waals surface area contributed by atoms with Crippen LogP contribution in [0.3, 0.4) is 0 Å². The van der Waals surface area contributed by atoms with Crippen molar-refractivity contribution in [2.75, 3.05) is 25.5 Å². The largest absolute Gasteiger partial charge is 0.384 e. The smallest absolute Gasteiger partial charge is 0.242 e. The molecule has 13 nitrogen and oxygen atoms in total. The molecule has 3 heterocycles. The summed E-state index contributed by atoms with van der Waals surface area (Å²) in [5, 5.41) is 16.1. The summed E-state index contributed by atoms with van der Waals surface area (Å²) in [5.74, 6) is 0.196. The minimum absolute atomic E-state index is 0.0311. The SMILES string of the molecule is Nc1ccc(-c2ccc(S(=O)(=O)N[C@@H]3CNC[C@@H]3N)c(S(N)(=O)=O)c2C2=NCN=N2)cn1. The van der Waals surface area contributed by atoms with Gasteiger partial charge in [-0.3, -0.25) is 0 Å². The van der Waals surface area contributed by atoms with Gasteiger partial charge in [0, 0.05) is 30.9 Å². The second-order valence-electron chi connectivity index (χ2n) is 7.25. The van der Waals surface area contributed by atoms with Crippen molar-refractivity contribution in [2.24, 2.45) is 26.1 Å². The molecule has 2 aliphatic heterocycles. The first kappa shape index (κ1) is 22.4. The van der Waals surface area contributed by atoms with E-state index in [-0.39, 0.29) is 23.9 Å². The highest BCUT2D eigenvalue weighted by molar-refractivity contribution is 7.92. The fourth-order valence-corrected chi connectivity index (χ4v) is 6.42. The number of amidine groups is 1. The first-order valence-electron chi connectivity index (χ1n) is 9.40. The van der Waals surface area contributed by atoms with Crippen LogP contribution in [0.5, 0.6) is 0 Å². The van der Waals surface area contributed by atoms with Crippen molar-refractivity contribution in [2.45, 2.75) is 21.9 Å². The van der Waals surface area contributed by atoms with E-state index in [1.165, 1.54) is 18.3 Å². The number of benzene rings is 1. The summed E-state index contributed by atoms with van der Waals surface area (Å²) in [5.41, 5.74) is 12.3. The Labute approximate surface area is 184 Å². The van der Waals surface area contributed by atoms with E-state index in [1.807, 2.05) is 0 Å². The van der Waals surface area contributed by atoms with Crippen molar-refractivity contribution < 1.29 is 16.8 Å². The highest BCUT2D eigenvalue weighted by atomic mass is 32.2. The van der Waals surface area contributed by atoms with Gasteiger partial charge in [-0.25, -0.2) is 36.7 Å². The first-order valence-corrected chi connectivity index (χ1v) is 12.4. The van der Waals surface area contributed by atoms with Gasteiger partial charge < -0.3 is 16.8 Å². The number of aromatic nitrogens is 1. The molecule has 1 saturated heterocycles. The van der Waals surface area contributed by atoms with Crippen molar-refractivity contribution in [3.8, 4) is 11.1 Å². The number of sulfonamides is 2. The van der Waals surface area contributed by atoms with Crippen LogP contribution < -0.4 is 26.6 Å². The quantitative estimate of drug-likeness (QED) is 0.335. The molecule has 0 bridgehead atoms. The Morgan fingerprint density at radius 1 is 1.09 bits per heavy atom. The average Bonchev–Trinajstić information content (AvgIpc) is 3.39. The third-order valence-electron chi connectivity index (χ3n) is 5.03. The molecule has 32 heavy (non-hydrogen) atoms. The summed E-state index contributed by atoms with van der Waals surface area (Å²) in [6, 6.07) is 4.63. The minimum Gasteiger partial charge on any atom is -0.384 e. The van der Waals surface area contributed by atoms with E-state index in [0.29, 0.717) is 24.2 Å². The molecule has 0 spiro atoms. The Bertz CT molecular complexity index is 1320. The average molecular weight is 480 g/mol. The molecule has 1 fully saturated rings.